The number of barbiturate groups is 1. The minimum Gasteiger partial charge on any atom is -0.325 e. The van der Waals surface area contributed by atoms with Crippen molar-refractivity contribution in [3.05, 3.63) is 24.3 Å². The minimum atomic E-state index is -3.43. The van der Waals surface area contributed by atoms with E-state index in [0.717, 1.165) is 6.26 Å². The molecular formula is C12H12N4O6S. The molecule has 0 spiro atoms. The quantitative estimate of drug-likeness (QED) is 0.515. The lowest BCUT2D eigenvalue weighted by Crippen LogP contribution is -2.58. The number of amides is 5. The molecular weight excluding hydrogens is 328 g/mol. The number of sulfonamides is 1. The molecule has 4 N–H and O–H groups in total. The van der Waals surface area contributed by atoms with Crippen molar-refractivity contribution in [3.8, 4) is 0 Å². The number of benzene rings is 1. The van der Waals surface area contributed by atoms with Gasteiger partial charge in [0.2, 0.25) is 27.7 Å². The van der Waals surface area contributed by atoms with Gasteiger partial charge in [-0.15, -0.1) is 0 Å². The second-order valence-corrected chi connectivity index (χ2v) is 6.43. The van der Waals surface area contributed by atoms with Crippen LogP contribution >= 0.6 is 0 Å². The SMILES string of the molecule is CS(=O)(=O)Nc1ccc(NC(=O)C2C(=O)NC(=O)NC2=O)cc1. The number of hydrogen-bond donors (Lipinski definition) is 4. The normalized spacial score (nSPS) is 15.6. The van der Waals surface area contributed by atoms with Gasteiger partial charge in [0.05, 0.1) is 6.26 Å². The monoisotopic (exact) mass is 340 g/mol. The molecule has 0 bridgehead atoms. The maximum Gasteiger partial charge on any atom is 0.328 e. The standard InChI is InChI=1S/C12H12N4O6S/c1-23(21,22)16-7-4-2-6(3-5-7)13-9(17)8-10(18)14-12(20)15-11(8)19/h2-5,8,16H,1H3,(H,13,17)(H2,14,15,18,19,20). The van der Waals surface area contributed by atoms with Crippen molar-refractivity contribution >= 4 is 45.2 Å². The number of urea groups is 1. The van der Waals surface area contributed by atoms with Gasteiger partial charge in [-0.1, -0.05) is 0 Å². The molecule has 5 amide bonds. The molecule has 1 aliphatic heterocycles. The molecule has 0 saturated carbocycles. The fourth-order valence-corrected chi connectivity index (χ4v) is 2.37. The summed E-state index contributed by atoms with van der Waals surface area (Å²) in [6.07, 6.45) is 0.990. The van der Waals surface area contributed by atoms with E-state index in [2.05, 4.69) is 10.0 Å². The van der Waals surface area contributed by atoms with Crippen LogP contribution in [0.3, 0.4) is 0 Å². The number of rotatable bonds is 4. The number of imide groups is 2. The van der Waals surface area contributed by atoms with E-state index >= 15 is 0 Å². The molecule has 1 saturated heterocycles. The van der Waals surface area contributed by atoms with Crippen molar-refractivity contribution in [2.24, 2.45) is 5.92 Å². The average Bonchev–Trinajstić information content (AvgIpc) is 2.38. The van der Waals surface area contributed by atoms with Crippen LogP contribution in [0.2, 0.25) is 0 Å². The van der Waals surface area contributed by atoms with Crippen LogP contribution in [0.25, 0.3) is 0 Å². The molecule has 1 aliphatic rings. The fraction of sp³-hybridized carbons (Fsp3) is 0.167. The van der Waals surface area contributed by atoms with Gasteiger partial charge >= 0.3 is 6.03 Å². The summed E-state index contributed by atoms with van der Waals surface area (Å²) in [5, 5.41) is 5.96. The van der Waals surface area contributed by atoms with Gasteiger partial charge in [0.1, 0.15) is 0 Å². The predicted molar refractivity (Wildman–Crippen MR) is 78.7 cm³/mol. The van der Waals surface area contributed by atoms with E-state index in [0.29, 0.717) is 0 Å². The van der Waals surface area contributed by atoms with Crippen molar-refractivity contribution in [1.29, 1.82) is 0 Å². The lowest BCUT2D eigenvalue weighted by molar-refractivity contribution is -0.141. The highest BCUT2D eigenvalue weighted by molar-refractivity contribution is 7.92. The maximum absolute atomic E-state index is 12.0. The van der Waals surface area contributed by atoms with E-state index in [4.69, 9.17) is 0 Å². The summed E-state index contributed by atoms with van der Waals surface area (Å²) in [7, 11) is -3.43. The minimum absolute atomic E-state index is 0.242. The fourth-order valence-electron chi connectivity index (χ4n) is 1.81. The van der Waals surface area contributed by atoms with Crippen LogP contribution in [-0.2, 0) is 24.4 Å². The van der Waals surface area contributed by atoms with Gasteiger partial charge in [-0.25, -0.2) is 13.2 Å². The molecule has 1 aromatic carbocycles. The van der Waals surface area contributed by atoms with Crippen molar-refractivity contribution in [3.63, 3.8) is 0 Å². The molecule has 1 fully saturated rings. The second-order valence-electron chi connectivity index (χ2n) is 4.68. The molecule has 0 aliphatic carbocycles. The Morgan fingerprint density at radius 1 is 1.00 bits per heavy atom. The molecule has 2 rings (SSSR count). The first kappa shape index (κ1) is 16.4. The van der Waals surface area contributed by atoms with Crippen LogP contribution < -0.4 is 20.7 Å². The highest BCUT2D eigenvalue weighted by Gasteiger charge is 2.39. The predicted octanol–water partition coefficient (Wildman–Crippen LogP) is -1.02. The van der Waals surface area contributed by atoms with E-state index in [1.807, 2.05) is 10.6 Å². The largest absolute Gasteiger partial charge is 0.328 e. The Bertz CT molecular complexity index is 766. The molecule has 0 radical (unpaired) electrons. The molecule has 10 nitrogen and oxygen atoms in total. The lowest BCUT2D eigenvalue weighted by Gasteiger charge is -2.19. The second kappa shape index (κ2) is 6.04. The first-order valence-corrected chi connectivity index (χ1v) is 8.09. The zero-order valence-electron chi connectivity index (χ0n) is 11.7. The van der Waals surface area contributed by atoms with Crippen LogP contribution in [0.1, 0.15) is 0 Å². The van der Waals surface area contributed by atoms with Crippen LogP contribution in [-0.4, -0.2) is 38.4 Å². The van der Waals surface area contributed by atoms with E-state index < -0.39 is 39.7 Å². The topological polar surface area (TPSA) is 151 Å². The van der Waals surface area contributed by atoms with Crippen molar-refractivity contribution in [1.82, 2.24) is 10.6 Å². The zero-order valence-corrected chi connectivity index (χ0v) is 12.6. The Labute approximate surface area is 130 Å². The van der Waals surface area contributed by atoms with Crippen molar-refractivity contribution < 1.29 is 27.6 Å². The summed E-state index contributed by atoms with van der Waals surface area (Å²) in [4.78, 5) is 45.9. The van der Waals surface area contributed by atoms with E-state index in [-0.39, 0.29) is 11.4 Å². The lowest BCUT2D eigenvalue weighted by atomic mass is 10.1. The number of anilines is 2. The van der Waals surface area contributed by atoms with Crippen LogP contribution in [0, 0.1) is 5.92 Å². The average molecular weight is 340 g/mol. The Morgan fingerprint density at radius 3 is 1.96 bits per heavy atom. The molecule has 1 heterocycles. The Balaban J connectivity index is 2.07. The number of carbonyl (C=O) groups excluding carboxylic acids is 4. The highest BCUT2D eigenvalue weighted by Crippen LogP contribution is 2.16. The van der Waals surface area contributed by atoms with Crippen molar-refractivity contribution in [2.75, 3.05) is 16.3 Å². The molecule has 0 aromatic heterocycles. The Morgan fingerprint density at radius 2 is 1.48 bits per heavy atom. The third-order valence-electron chi connectivity index (χ3n) is 2.72. The summed E-state index contributed by atoms with van der Waals surface area (Å²) in [6, 6.07) is 4.56. The maximum atomic E-state index is 12.0. The van der Waals surface area contributed by atoms with Gasteiger partial charge in [0, 0.05) is 11.4 Å². The third kappa shape index (κ3) is 4.26. The van der Waals surface area contributed by atoms with Gasteiger partial charge in [0.15, 0.2) is 5.92 Å². The third-order valence-corrected chi connectivity index (χ3v) is 3.32. The summed E-state index contributed by atoms with van der Waals surface area (Å²) in [6.45, 7) is 0. The van der Waals surface area contributed by atoms with Gasteiger partial charge in [0.25, 0.3) is 0 Å². The van der Waals surface area contributed by atoms with Gasteiger partial charge in [-0.05, 0) is 24.3 Å². The Kier molecular flexibility index (Phi) is 4.31. The summed E-state index contributed by atoms with van der Waals surface area (Å²) in [5.74, 6) is -4.66. The molecule has 23 heavy (non-hydrogen) atoms. The van der Waals surface area contributed by atoms with Crippen molar-refractivity contribution in [2.45, 2.75) is 0 Å². The van der Waals surface area contributed by atoms with Crippen LogP contribution in [0.5, 0.6) is 0 Å². The first-order chi connectivity index (χ1) is 10.7. The summed E-state index contributed by atoms with van der Waals surface area (Å²) in [5.41, 5.74) is 0.524. The molecule has 122 valence electrons. The first-order valence-electron chi connectivity index (χ1n) is 6.20. The van der Waals surface area contributed by atoms with Gasteiger partial charge in [-0.2, -0.15) is 0 Å². The number of hydrogen-bond acceptors (Lipinski definition) is 6. The van der Waals surface area contributed by atoms with E-state index in [1.165, 1.54) is 24.3 Å². The Hall–Kier alpha value is -2.95. The van der Waals surface area contributed by atoms with Crippen LogP contribution in [0.4, 0.5) is 16.2 Å². The summed E-state index contributed by atoms with van der Waals surface area (Å²) >= 11 is 0. The van der Waals surface area contributed by atoms with Crippen LogP contribution in [0.15, 0.2) is 24.3 Å². The van der Waals surface area contributed by atoms with Gasteiger partial charge < -0.3 is 5.32 Å². The summed E-state index contributed by atoms with van der Waals surface area (Å²) < 4.78 is 24.4. The van der Waals surface area contributed by atoms with E-state index in [1.54, 1.807) is 0 Å². The molecule has 0 atom stereocenters. The number of carbonyl (C=O) groups is 4. The zero-order chi connectivity index (χ0) is 17.2. The number of nitrogens with one attached hydrogen (secondary N) is 4. The molecule has 11 heteroatoms. The van der Waals surface area contributed by atoms with Gasteiger partial charge in [-0.3, -0.25) is 29.7 Å². The molecule has 1 aromatic rings. The molecule has 0 unspecified atom stereocenters. The van der Waals surface area contributed by atoms with E-state index in [9.17, 15) is 27.6 Å². The smallest absolute Gasteiger partial charge is 0.325 e. The highest BCUT2D eigenvalue weighted by atomic mass is 32.2.